The van der Waals surface area contributed by atoms with Gasteiger partial charge in [-0.2, -0.15) is 5.10 Å². The lowest BCUT2D eigenvalue weighted by Gasteiger charge is -2.37. The van der Waals surface area contributed by atoms with E-state index in [9.17, 15) is 5.11 Å². The van der Waals surface area contributed by atoms with E-state index >= 15 is 0 Å². The molecule has 30 heavy (non-hydrogen) atoms. The first-order valence-electron chi connectivity index (χ1n) is 9.91. The third kappa shape index (κ3) is 3.66. The van der Waals surface area contributed by atoms with E-state index in [0.29, 0.717) is 23.5 Å². The average molecular weight is 425 g/mol. The molecule has 0 saturated carbocycles. The van der Waals surface area contributed by atoms with Gasteiger partial charge in [0.15, 0.2) is 5.82 Å². The van der Waals surface area contributed by atoms with Crippen LogP contribution in [0.3, 0.4) is 0 Å². The Balaban J connectivity index is 0.00000218. The van der Waals surface area contributed by atoms with Gasteiger partial charge in [-0.05, 0) is 38.1 Å². The molecule has 2 aromatic carbocycles. The van der Waals surface area contributed by atoms with Gasteiger partial charge in [0.1, 0.15) is 5.75 Å². The first-order valence-corrected chi connectivity index (χ1v) is 9.91. The van der Waals surface area contributed by atoms with Crippen LogP contribution < -0.4 is 10.2 Å². The summed E-state index contributed by atoms with van der Waals surface area (Å²) in [5, 5.41) is 20.3. The molecular weight excluding hydrogens is 400 g/mol. The molecule has 2 aromatic heterocycles. The summed E-state index contributed by atoms with van der Waals surface area (Å²) in [5.41, 5.74) is 3.41. The van der Waals surface area contributed by atoms with Crippen molar-refractivity contribution in [3.8, 4) is 17.1 Å². The van der Waals surface area contributed by atoms with Gasteiger partial charge >= 0.3 is 0 Å². The number of aromatic nitrogens is 4. The Kier molecular flexibility index (Phi) is 5.26. The first kappa shape index (κ1) is 20.4. The minimum absolute atomic E-state index is 0. The van der Waals surface area contributed by atoms with Crippen LogP contribution in [0.1, 0.15) is 13.8 Å². The summed E-state index contributed by atoms with van der Waals surface area (Å²) in [7, 11) is 1.86. The highest BCUT2D eigenvalue weighted by Gasteiger charge is 2.21. The molecule has 4 aromatic rings. The Morgan fingerprint density at radius 1 is 1.03 bits per heavy atom. The van der Waals surface area contributed by atoms with E-state index < -0.39 is 0 Å². The molecule has 0 spiro atoms. The maximum Gasteiger partial charge on any atom is 0.163 e. The molecule has 0 unspecified atom stereocenters. The highest BCUT2D eigenvalue weighted by molar-refractivity contribution is 5.88. The smallest absolute Gasteiger partial charge is 0.163 e. The van der Waals surface area contributed by atoms with E-state index in [1.54, 1.807) is 10.7 Å². The van der Waals surface area contributed by atoms with E-state index in [1.165, 1.54) is 5.69 Å². The maximum absolute atomic E-state index is 10.5. The molecule has 0 amide bonds. The number of aromatic hydroxyl groups is 1. The molecular formula is C22H25ClN6O. The number of fused-ring (bicyclic) bond motifs is 2. The predicted octanol–water partition coefficient (Wildman–Crippen LogP) is 3.50. The number of nitrogens with one attached hydrogen (secondary N) is 1. The van der Waals surface area contributed by atoms with Crippen LogP contribution in [-0.2, 0) is 7.05 Å². The molecule has 7 nitrogen and oxygen atoms in total. The largest absolute Gasteiger partial charge is 0.507 e. The SMILES string of the molecule is C[C@@H]1CN(c2ccc3nc(-c4cc5cn(C)nc5cc4O)ncc3c2)C[C@H](C)N1.Cl. The number of piperazine rings is 1. The molecule has 0 radical (unpaired) electrons. The number of nitrogens with zero attached hydrogens (tertiary/aromatic N) is 5. The summed E-state index contributed by atoms with van der Waals surface area (Å²) in [4.78, 5) is 11.6. The first-order chi connectivity index (χ1) is 14.0. The summed E-state index contributed by atoms with van der Waals surface area (Å²) in [6.07, 6.45) is 3.75. The topological polar surface area (TPSA) is 79.1 Å². The Hall–Kier alpha value is -2.90. The highest BCUT2D eigenvalue weighted by Crippen LogP contribution is 2.32. The average Bonchev–Trinajstić information content (AvgIpc) is 3.04. The molecule has 1 aliphatic rings. The fourth-order valence-corrected chi connectivity index (χ4v) is 4.25. The minimum Gasteiger partial charge on any atom is -0.507 e. The Labute approximate surface area is 181 Å². The molecule has 2 atom stereocenters. The van der Waals surface area contributed by atoms with Crippen molar-refractivity contribution in [3.05, 3.63) is 42.7 Å². The molecule has 1 saturated heterocycles. The molecule has 5 rings (SSSR count). The Morgan fingerprint density at radius 3 is 2.57 bits per heavy atom. The van der Waals surface area contributed by atoms with Crippen molar-refractivity contribution in [2.45, 2.75) is 25.9 Å². The van der Waals surface area contributed by atoms with Gasteiger partial charge in [0.2, 0.25) is 0 Å². The second-order valence-electron chi connectivity index (χ2n) is 8.04. The van der Waals surface area contributed by atoms with Crippen LogP contribution in [0.2, 0.25) is 0 Å². The fourth-order valence-electron chi connectivity index (χ4n) is 4.25. The van der Waals surface area contributed by atoms with E-state index in [2.05, 4.69) is 46.3 Å². The van der Waals surface area contributed by atoms with Gasteiger partial charge in [-0.3, -0.25) is 4.68 Å². The van der Waals surface area contributed by atoms with Gasteiger partial charge in [-0.15, -0.1) is 12.4 Å². The molecule has 3 heterocycles. The van der Waals surface area contributed by atoms with Crippen LogP contribution >= 0.6 is 12.4 Å². The van der Waals surface area contributed by atoms with Crippen molar-refractivity contribution in [3.63, 3.8) is 0 Å². The van der Waals surface area contributed by atoms with Gasteiger partial charge in [0.05, 0.1) is 16.6 Å². The summed E-state index contributed by atoms with van der Waals surface area (Å²) in [6, 6.07) is 10.8. The van der Waals surface area contributed by atoms with Crippen LogP contribution in [0.4, 0.5) is 5.69 Å². The second kappa shape index (κ2) is 7.74. The van der Waals surface area contributed by atoms with Crippen molar-refractivity contribution < 1.29 is 5.11 Å². The zero-order chi connectivity index (χ0) is 20.1. The van der Waals surface area contributed by atoms with Gasteiger partial charge in [-0.1, -0.05) is 0 Å². The molecule has 0 bridgehead atoms. The minimum atomic E-state index is 0. The quantitative estimate of drug-likeness (QED) is 0.512. The van der Waals surface area contributed by atoms with Crippen molar-refractivity contribution in [1.82, 2.24) is 25.1 Å². The molecule has 0 aliphatic carbocycles. The van der Waals surface area contributed by atoms with E-state index in [0.717, 1.165) is 34.9 Å². The molecule has 8 heteroatoms. The maximum atomic E-state index is 10.5. The van der Waals surface area contributed by atoms with Crippen LogP contribution in [0.5, 0.6) is 5.75 Å². The van der Waals surface area contributed by atoms with Crippen LogP contribution in [0.25, 0.3) is 33.2 Å². The van der Waals surface area contributed by atoms with Crippen molar-refractivity contribution in [1.29, 1.82) is 0 Å². The third-order valence-corrected chi connectivity index (χ3v) is 5.46. The van der Waals surface area contributed by atoms with E-state index in [1.807, 2.05) is 31.6 Å². The number of hydrogen-bond donors (Lipinski definition) is 2. The fraction of sp³-hybridized carbons (Fsp3) is 0.318. The van der Waals surface area contributed by atoms with Crippen LogP contribution in [-0.4, -0.2) is 50.0 Å². The molecule has 2 N–H and O–H groups in total. The van der Waals surface area contributed by atoms with Gasteiger partial charge < -0.3 is 15.3 Å². The lowest BCUT2D eigenvalue weighted by molar-refractivity contribution is 0.407. The molecule has 1 fully saturated rings. The number of phenols is 1. The zero-order valence-corrected chi connectivity index (χ0v) is 18.0. The van der Waals surface area contributed by atoms with Crippen LogP contribution in [0, 0.1) is 0 Å². The Morgan fingerprint density at radius 2 is 1.80 bits per heavy atom. The third-order valence-electron chi connectivity index (χ3n) is 5.46. The molecule has 1 aliphatic heterocycles. The lowest BCUT2D eigenvalue weighted by atomic mass is 10.1. The number of rotatable bonds is 2. The van der Waals surface area contributed by atoms with Crippen LogP contribution in [0.15, 0.2) is 42.7 Å². The summed E-state index contributed by atoms with van der Waals surface area (Å²) < 4.78 is 1.73. The zero-order valence-electron chi connectivity index (χ0n) is 17.2. The Bertz CT molecular complexity index is 1210. The van der Waals surface area contributed by atoms with Crippen molar-refractivity contribution in [2.24, 2.45) is 7.05 Å². The summed E-state index contributed by atoms with van der Waals surface area (Å²) in [6.45, 7) is 6.39. The van der Waals surface area contributed by atoms with Gasteiger partial charge in [-0.25, -0.2) is 9.97 Å². The predicted molar refractivity (Wildman–Crippen MR) is 122 cm³/mol. The second-order valence-corrected chi connectivity index (χ2v) is 8.04. The number of anilines is 1. The monoisotopic (exact) mass is 424 g/mol. The number of benzene rings is 2. The summed E-state index contributed by atoms with van der Waals surface area (Å²) >= 11 is 0. The van der Waals surface area contributed by atoms with Crippen molar-refractivity contribution in [2.75, 3.05) is 18.0 Å². The van der Waals surface area contributed by atoms with E-state index in [-0.39, 0.29) is 18.2 Å². The van der Waals surface area contributed by atoms with Gasteiger partial charge in [0.25, 0.3) is 0 Å². The summed E-state index contributed by atoms with van der Waals surface area (Å²) in [5.74, 6) is 0.647. The number of aryl methyl sites for hydroxylation is 1. The lowest BCUT2D eigenvalue weighted by Crippen LogP contribution is -2.54. The number of phenolic OH excluding ortho intramolecular Hbond substituents is 1. The number of hydrogen-bond acceptors (Lipinski definition) is 6. The standard InChI is InChI=1S/C22H24N6O.ClH/c1-13-10-28(11-14(2)24-13)17-4-5-19-15(6-17)9-23-22(25-19)18-7-16-12-27(3)26-20(16)8-21(18)29;/h4-9,12-14,24,29H,10-11H2,1-3H3;1H/t13-,14+;. The van der Waals surface area contributed by atoms with Crippen molar-refractivity contribution >= 4 is 39.9 Å². The van der Waals surface area contributed by atoms with Gasteiger partial charge in [0, 0.05) is 67.1 Å². The normalized spacial score (nSPS) is 19.2. The van der Waals surface area contributed by atoms with E-state index in [4.69, 9.17) is 4.98 Å². The molecule has 156 valence electrons. The number of halogens is 1. The highest BCUT2D eigenvalue weighted by atomic mass is 35.5.